The number of benzene rings is 1. The third-order valence-corrected chi connectivity index (χ3v) is 7.96. The van der Waals surface area contributed by atoms with E-state index in [2.05, 4.69) is 17.1 Å². The monoisotopic (exact) mass is 477 g/mol. The van der Waals surface area contributed by atoms with Gasteiger partial charge in [-0.1, -0.05) is 31.2 Å². The molecule has 0 atom stereocenters. The van der Waals surface area contributed by atoms with Gasteiger partial charge in [0.1, 0.15) is 5.00 Å². The van der Waals surface area contributed by atoms with Gasteiger partial charge in [0.25, 0.3) is 5.91 Å². The van der Waals surface area contributed by atoms with Crippen molar-refractivity contribution in [3.63, 3.8) is 0 Å². The predicted molar refractivity (Wildman–Crippen MR) is 133 cm³/mol. The van der Waals surface area contributed by atoms with Crippen molar-refractivity contribution >= 4 is 50.5 Å². The maximum absolute atomic E-state index is 13.6. The molecule has 1 amide bonds. The van der Waals surface area contributed by atoms with Crippen LogP contribution in [0.5, 0.6) is 0 Å². The number of nitrogens with one attached hydrogen (secondary N) is 1. The number of pyridine rings is 1. The van der Waals surface area contributed by atoms with Gasteiger partial charge in [-0.3, -0.25) is 9.69 Å². The number of hydrogen-bond donors (Lipinski definition) is 1. The number of ether oxygens (including phenoxy) is 1. The smallest absolute Gasteiger partial charge is 0.341 e. The quantitative estimate of drug-likeness (QED) is 0.388. The highest BCUT2D eigenvalue weighted by Gasteiger charge is 2.29. The molecule has 33 heavy (non-hydrogen) atoms. The van der Waals surface area contributed by atoms with Crippen molar-refractivity contribution in [1.82, 2.24) is 9.88 Å². The summed E-state index contributed by atoms with van der Waals surface area (Å²) < 4.78 is 5.07. The van der Waals surface area contributed by atoms with E-state index in [-0.39, 0.29) is 5.91 Å². The van der Waals surface area contributed by atoms with Crippen LogP contribution >= 0.6 is 22.7 Å². The van der Waals surface area contributed by atoms with Gasteiger partial charge in [-0.05, 0) is 42.1 Å². The lowest BCUT2D eigenvalue weighted by Crippen LogP contribution is -2.29. The lowest BCUT2D eigenvalue weighted by atomic mass is 10.0. The first-order chi connectivity index (χ1) is 16.1. The van der Waals surface area contributed by atoms with E-state index in [0.29, 0.717) is 16.1 Å². The van der Waals surface area contributed by atoms with Crippen molar-refractivity contribution in [1.29, 1.82) is 0 Å². The Labute approximate surface area is 199 Å². The predicted octanol–water partition coefficient (Wildman–Crippen LogP) is 5.44. The lowest BCUT2D eigenvalue weighted by molar-refractivity contribution is 0.0600. The second-order valence-corrected chi connectivity index (χ2v) is 9.87. The van der Waals surface area contributed by atoms with Crippen molar-refractivity contribution in [3.8, 4) is 10.6 Å². The van der Waals surface area contributed by atoms with Crippen LogP contribution in [0.2, 0.25) is 0 Å². The zero-order chi connectivity index (χ0) is 22.9. The first-order valence-electron chi connectivity index (χ1n) is 10.8. The molecular weight excluding hydrogens is 454 g/mol. The molecule has 0 spiro atoms. The number of methoxy groups -OCH3 is 1. The molecule has 0 fully saturated rings. The van der Waals surface area contributed by atoms with E-state index in [1.54, 1.807) is 11.3 Å². The fourth-order valence-electron chi connectivity index (χ4n) is 4.22. The number of esters is 1. The van der Waals surface area contributed by atoms with Gasteiger partial charge in [0.15, 0.2) is 0 Å². The summed E-state index contributed by atoms with van der Waals surface area (Å²) in [6, 6.07) is 13.4. The zero-order valence-corrected chi connectivity index (χ0v) is 20.0. The normalized spacial score (nSPS) is 13.6. The van der Waals surface area contributed by atoms with Gasteiger partial charge in [0, 0.05) is 23.4 Å². The Hall–Kier alpha value is -3.07. The maximum atomic E-state index is 13.6. The maximum Gasteiger partial charge on any atom is 0.341 e. The zero-order valence-electron chi connectivity index (χ0n) is 18.4. The highest BCUT2D eigenvalue weighted by atomic mass is 32.1. The van der Waals surface area contributed by atoms with E-state index in [4.69, 9.17) is 9.72 Å². The van der Waals surface area contributed by atoms with Crippen LogP contribution in [-0.2, 0) is 17.7 Å². The fourth-order valence-corrected chi connectivity index (χ4v) is 6.18. The highest BCUT2D eigenvalue weighted by molar-refractivity contribution is 7.17. The molecule has 0 radical (unpaired) electrons. The van der Waals surface area contributed by atoms with Crippen molar-refractivity contribution in [3.05, 3.63) is 69.4 Å². The van der Waals surface area contributed by atoms with Crippen LogP contribution < -0.4 is 5.32 Å². The minimum absolute atomic E-state index is 0.262. The van der Waals surface area contributed by atoms with Crippen LogP contribution in [0, 0.1) is 0 Å². The standard InChI is InChI=1S/C25H23N3O3S2/c1-3-28-11-10-16-21(14-28)33-24(22(16)25(30)31-2)27-23(29)17-13-19(20-9-6-12-32-20)26-18-8-5-4-7-15(17)18/h4-9,12-13H,3,10-11,14H2,1-2H3,(H,27,29). The second-order valence-electron chi connectivity index (χ2n) is 7.82. The summed E-state index contributed by atoms with van der Waals surface area (Å²) in [6.07, 6.45) is 0.765. The molecule has 1 aliphatic heterocycles. The molecule has 0 saturated heterocycles. The van der Waals surface area contributed by atoms with Crippen LogP contribution in [0.1, 0.15) is 38.1 Å². The van der Waals surface area contributed by atoms with Crippen LogP contribution in [-0.4, -0.2) is 42.0 Å². The highest BCUT2D eigenvalue weighted by Crippen LogP contribution is 2.38. The molecule has 5 rings (SSSR count). The fraction of sp³-hybridized carbons (Fsp3) is 0.240. The third-order valence-electron chi connectivity index (χ3n) is 5.93. The van der Waals surface area contributed by atoms with E-state index >= 15 is 0 Å². The molecule has 4 heterocycles. The molecule has 0 aliphatic carbocycles. The van der Waals surface area contributed by atoms with E-state index in [1.165, 1.54) is 18.4 Å². The largest absolute Gasteiger partial charge is 0.465 e. The number of fused-ring (bicyclic) bond motifs is 2. The number of carbonyl (C=O) groups is 2. The summed E-state index contributed by atoms with van der Waals surface area (Å²) in [5, 5.41) is 6.34. The van der Waals surface area contributed by atoms with Gasteiger partial charge in [-0.25, -0.2) is 9.78 Å². The molecule has 168 valence electrons. The van der Waals surface area contributed by atoms with Crippen LogP contribution in [0.3, 0.4) is 0 Å². The summed E-state index contributed by atoms with van der Waals surface area (Å²) in [7, 11) is 1.38. The Morgan fingerprint density at radius 2 is 2.06 bits per heavy atom. The number of aromatic nitrogens is 1. The lowest BCUT2D eigenvalue weighted by Gasteiger charge is -2.25. The average molecular weight is 478 g/mol. The van der Waals surface area contributed by atoms with Crippen LogP contribution in [0.4, 0.5) is 5.00 Å². The van der Waals surface area contributed by atoms with Gasteiger partial charge in [-0.2, -0.15) is 0 Å². The van der Waals surface area contributed by atoms with Crippen molar-refractivity contribution in [2.24, 2.45) is 0 Å². The number of nitrogens with zero attached hydrogens (tertiary/aromatic N) is 2. The Bertz CT molecular complexity index is 1340. The molecule has 6 nitrogen and oxygen atoms in total. The van der Waals surface area contributed by atoms with E-state index in [0.717, 1.165) is 58.0 Å². The number of hydrogen-bond acceptors (Lipinski definition) is 7. The van der Waals surface area contributed by atoms with Crippen molar-refractivity contribution in [2.75, 3.05) is 25.5 Å². The Morgan fingerprint density at radius 3 is 2.82 bits per heavy atom. The Morgan fingerprint density at radius 1 is 1.21 bits per heavy atom. The molecule has 3 aromatic heterocycles. The van der Waals surface area contributed by atoms with Gasteiger partial charge >= 0.3 is 5.97 Å². The topological polar surface area (TPSA) is 71.5 Å². The summed E-state index contributed by atoms with van der Waals surface area (Å²) in [4.78, 5) is 35.4. The number of para-hydroxylation sites is 1. The number of rotatable bonds is 5. The molecular formula is C25H23N3O3S2. The number of anilines is 1. The molecule has 4 aromatic rings. The molecule has 0 bridgehead atoms. The summed E-state index contributed by atoms with van der Waals surface area (Å²) in [5.41, 5.74) is 3.52. The van der Waals surface area contributed by atoms with E-state index in [9.17, 15) is 9.59 Å². The average Bonchev–Trinajstić information content (AvgIpc) is 3.50. The minimum atomic E-state index is -0.411. The van der Waals surface area contributed by atoms with Crippen molar-refractivity contribution in [2.45, 2.75) is 19.9 Å². The van der Waals surface area contributed by atoms with Crippen LogP contribution in [0.15, 0.2) is 47.8 Å². The molecule has 0 unspecified atom stereocenters. The van der Waals surface area contributed by atoms with E-state index in [1.807, 2.05) is 47.8 Å². The SMILES string of the molecule is CCN1CCc2c(sc(NC(=O)c3cc(-c4cccs4)nc4ccccc34)c2C(=O)OC)C1. The Kier molecular flexibility index (Phi) is 5.97. The third kappa shape index (κ3) is 4.06. The number of amides is 1. The van der Waals surface area contributed by atoms with Gasteiger partial charge < -0.3 is 10.1 Å². The first-order valence-corrected chi connectivity index (χ1v) is 12.5. The van der Waals surface area contributed by atoms with Crippen molar-refractivity contribution < 1.29 is 14.3 Å². The minimum Gasteiger partial charge on any atom is -0.465 e. The summed E-state index contributed by atoms with van der Waals surface area (Å²) in [6.45, 7) is 4.73. The van der Waals surface area contributed by atoms with Gasteiger partial charge in [-0.15, -0.1) is 22.7 Å². The second kappa shape index (κ2) is 9.05. The molecule has 1 aromatic carbocycles. The summed E-state index contributed by atoms with van der Waals surface area (Å²) in [5.74, 6) is -0.672. The molecule has 1 N–H and O–H groups in total. The Balaban J connectivity index is 1.57. The van der Waals surface area contributed by atoms with Gasteiger partial charge in [0.05, 0.1) is 34.3 Å². The van der Waals surface area contributed by atoms with Gasteiger partial charge in [0.2, 0.25) is 0 Å². The molecule has 0 saturated carbocycles. The first kappa shape index (κ1) is 21.8. The molecule has 1 aliphatic rings. The van der Waals surface area contributed by atoms with E-state index < -0.39 is 5.97 Å². The summed E-state index contributed by atoms with van der Waals surface area (Å²) >= 11 is 3.05. The number of thiophene rings is 2. The molecule has 8 heteroatoms. The number of likely N-dealkylation sites (N-methyl/N-ethyl adjacent to an activating group) is 1. The van der Waals surface area contributed by atoms with Crippen LogP contribution in [0.25, 0.3) is 21.5 Å². The number of carbonyl (C=O) groups excluding carboxylic acids is 2.